The van der Waals surface area contributed by atoms with Crippen LogP contribution in [-0.4, -0.2) is 23.3 Å². The largest absolute Gasteiger partial charge is 0.366 e. The predicted octanol–water partition coefficient (Wildman–Crippen LogP) is 0.0865. The van der Waals surface area contributed by atoms with E-state index in [1.807, 2.05) is 6.92 Å². The molecule has 0 spiro atoms. The minimum atomic E-state index is -0.681. The van der Waals surface area contributed by atoms with Crippen molar-refractivity contribution in [2.45, 2.75) is 20.3 Å². The standard InChI is InChI=1S/C10H17N3O2/c1-4-6-13(5-2)8(10(12)15)7(3)9(11)14/h5H,2,4,6H2,1,3H3,(H2,11,14)(H2,12,15)/b8-7+. The second-order valence-corrected chi connectivity index (χ2v) is 3.08. The molecule has 0 rings (SSSR count). The smallest absolute Gasteiger partial charge is 0.265 e. The van der Waals surface area contributed by atoms with E-state index in [-0.39, 0.29) is 11.3 Å². The highest BCUT2D eigenvalue weighted by Gasteiger charge is 2.17. The lowest BCUT2D eigenvalue weighted by atomic mass is 10.2. The van der Waals surface area contributed by atoms with Crippen molar-refractivity contribution in [2.24, 2.45) is 11.5 Å². The molecule has 0 saturated carbocycles. The molecule has 0 atom stereocenters. The molecule has 0 aromatic carbocycles. The molecule has 0 saturated heterocycles. The predicted molar refractivity (Wildman–Crippen MR) is 58.3 cm³/mol. The van der Waals surface area contributed by atoms with Gasteiger partial charge in [0.05, 0.1) is 0 Å². The van der Waals surface area contributed by atoms with Crippen molar-refractivity contribution in [3.05, 3.63) is 24.0 Å². The van der Waals surface area contributed by atoms with Crippen LogP contribution in [0.1, 0.15) is 20.3 Å². The monoisotopic (exact) mass is 211 g/mol. The van der Waals surface area contributed by atoms with Crippen LogP contribution < -0.4 is 11.5 Å². The molecule has 0 fully saturated rings. The van der Waals surface area contributed by atoms with E-state index < -0.39 is 11.8 Å². The lowest BCUT2D eigenvalue weighted by Gasteiger charge is -2.21. The molecule has 0 aromatic heterocycles. The van der Waals surface area contributed by atoms with Gasteiger partial charge in [0.25, 0.3) is 5.91 Å². The van der Waals surface area contributed by atoms with E-state index in [0.29, 0.717) is 6.54 Å². The molecule has 5 nitrogen and oxygen atoms in total. The summed E-state index contributed by atoms with van der Waals surface area (Å²) in [6.07, 6.45) is 2.25. The number of carbonyl (C=O) groups excluding carboxylic acids is 2. The third-order valence-electron chi connectivity index (χ3n) is 1.93. The molecular weight excluding hydrogens is 194 g/mol. The number of carbonyl (C=O) groups is 2. The highest BCUT2D eigenvalue weighted by Crippen LogP contribution is 2.11. The third kappa shape index (κ3) is 3.46. The zero-order chi connectivity index (χ0) is 12.0. The van der Waals surface area contributed by atoms with Gasteiger partial charge in [-0.15, -0.1) is 0 Å². The molecule has 0 aliphatic rings. The molecular formula is C10H17N3O2. The first kappa shape index (κ1) is 13.2. The number of nitrogens with zero attached hydrogens (tertiary/aromatic N) is 1. The van der Waals surface area contributed by atoms with E-state index in [1.54, 1.807) is 0 Å². The lowest BCUT2D eigenvalue weighted by molar-refractivity contribution is -0.118. The Morgan fingerprint density at radius 3 is 2.13 bits per heavy atom. The van der Waals surface area contributed by atoms with Crippen molar-refractivity contribution in [3.8, 4) is 0 Å². The average Bonchev–Trinajstić information content (AvgIpc) is 2.15. The SMILES string of the molecule is C=CN(CCC)/C(C(N)=O)=C(\C)C(N)=O. The first-order valence-corrected chi connectivity index (χ1v) is 4.65. The van der Waals surface area contributed by atoms with E-state index in [0.717, 1.165) is 6.42 Å². The number of hydrogen-bond donors (Lipinski definition) is 2. The highest BCUT2D eigenvalue weighted by atomic mass is 16.2. The summed E-state index contributed by atoms with van der Waals surface area (Å²) in [6, 6.07) is 0. The van der Waals surface area contributed by atoms with Crippen LogP contribution in [0.2, 0.25) is 0 Å². The summed E-state index contributed by atoms with van der Waals surface area (Å²) in [5.41, 5.74) is 10.5. The number of hydrogen-bond acceptors (Lipinski definition) is 3. The van der Waals surface area contributed by atoms with Gasteiger partial charge in [-0.25, -0.2) is 0 Å². The van der Waals surface area contributed by atoms with Gasteiger partial charge < -0.3 is 16.4 Å². The molecule has 0 aromatic rings. The molecule has 0 unspecified atom stereocenters. The number of amides is 2. The van der Waals surface area contributed by atoms with Crippen molar-refractivity contribution < 1.29 is 9.59 Å². The van der Waals surface area contributed by atoms with Gasteiger partial charge in [0.15, 0.2) is 0 Å². The van der Waals surface area contributed by atoms with Gasteiger partial charge in [0.2, 0.25) is 5.91 Å². The van der Waals surface area contributed by atoms with Crippen LogP contribution in [0.5, 0.6) is 0 Å². The van der Waals surface area contributed by atoms with Crippen molar-refractivity contribution >= 4 is 11.8 Å². The van der Waals surface area contributed by atoms with E-state index in [9.17, 15) is 9.59 Å². The van der Waals surface area contributed by atoms with E-state index >= 15 is 0 Å². The molecule has 0 aliphatic heterocycles. The van der Waals surface area contributed by atoms with E-state index in [2.05, 4.69) is 6.58 Å². The fourth-order valence-corrected chi connectivity index (χ4v) is 1.19. The maximum atomic E-state index is 11.2. The Hall–Kier alpha value is -1.78. The molecule has 15 heavy (non-hydrogen) atoms. The molecule has 4 N–H and O–H groups in total. The van der Waals surface area contributed by atoms with Crippen molar-refractivity contribution in [2.75, 3.05) is 6.54 Å². The topological polar surface area (TPSA) is 89.4 Å². The molecule has 0 radical (unpaired) electrons. The number of nitrogens with two attached hydrogens (primary N) is 2. The maximum Gasteiger partial charge on any atom is 0.265 e. The van der Waals surface area contributed by atoms with Gasteiger partial charge in [0, 0.05) is 12.1 Å². The van der Waals surface area contributed by atoms with Gasteiger partial charge in [-0.1, -0.05) is 13.5 Å². The number of primary amides is 2. The van der Waals surface area contributed by atoms with Gasteiger partial charge in [-0.05, 0) is 19.5 Å². The van der Waals surface area contributed by atoms with Crippen LogP contribution in [0, 0.1) is 0 Å². The van der Waals surface area contributed by atoms with Gasteiger partial charge in [-0.2, -0.15) is 0 Å². The van der Waals surface area contributed by atoms with Gasteiger partial charge in [0.1, 0.15) is 5.70 Å². The Balaban J connectivity index is 5.28. The summed E-state index contributed by atoms with van der Waals surface area (Å²) in [6.45, 7) is 7.52. The maximum absolute atomic E-state index is 11.2. The van der Waals surface area contributed by atoms with E-state index in [4.69, 9.17) is 11.5 Å². The molecule has 0 aliphatic carbocycles. The zero-order valence-corrected chi connectivity index (χ0v) is 9.12. The first-order chi connectivity index (χ1) is 6.95. The van der Waals surface area contributed by atoms with Crippen LogP contribution in [0.4, 0.5) is 0 Å². The quantitative estimate of drug-likeness (QED) is 0.610. The third-order valence-corrected chi connectivity index (χ3v) is 1.93. The number of rotatable bonds is 6. The Morgan fingerprint density at radius 1 is 1.33 bits per heavy atom. The Kier molecular flexibility index (Phi) is 5.15. The summed E-state index contributed by atoms with van der Waals surface area (Å²) >= 11 is 0. The second-order valence-electron chi connectivity index (χ2n) is 3.08. The second kappa shape index (κ2) is 5.85. The first-order valence-electron chi connectivity index (χ1n) is 4.65. The van der Waals surface area contributed by atoms with Crippen molar-refractivity contribution in [3.63, 3.8) is 0 Å². The summed E-state index contributed by atoms with van der Waals surface area (Å²) in [7, 11) is 0. The fraction of sp³-hybridized carbons (Fsp3) is 0.400. The molecule has 84 valence electrons. The Labute approximate surface area is 89.4 Å². The summed E-state index contributed by atoms with van der Waals surface area (Å²) in [5.74, 6) is -1.34. The van der Waals surface area contributed by atoms with Gasteiger partial charge >= 0.3 is 0 Å². The van der Waals surface area contributed by atoms with Crippen LogP contribution in [0.25, 0.3) is 0 Å². The van der Waals surface area contributed by atoms with E-state index in [1.165, 1.54) is 18.0 Å². The lowest BCUT2D eigenvalue weighted by Crippen LogP contribution is -2.32. The normalized spacial score (nSPS) is 11.6. The highest BCUT2D eigenvalue weighted by molar-refractivity contribution is 6.02. The average molecular weight is 211 g/mol. The Morgan fingerprint density at radius 2 is 1.87 bits per heavy atom. The van der Waals surface area contributed by atoms with Crippen molar-refractivity contribution in [1.29, 1.82) is 0 Å². The molecule has 0 heterocycles. The van der Waals surface area contributed by atoms with Gasteiger partial charge in [-0.3, -0.25) is 9.59 Å². The molecule has 0 bridgehead atoms. The fourth-order valence-electron chi connectivity index (χ4n) is 1.19. The van der Waals surface area contributed by atoms with Crippen molar-refractivity contribution in [1.82, 2.24) is 4.90 Å². The summed E-state index contributed by atoms with van der Waals surface area (Å²) in [5, 5.41) is 0. The molecule has 2 amide bonds. The minimum Gasteiger partial charge on any atom is -0.366 e. The summed E-state index contributed by atoms with van der Waals surface area (Å²) in [4.78, 5) is 23.7. The van der Waals surface area contributed by atoms with Crippen LogP contribution in [0.15, 0.2) is 24.0 Å². The minimum absolute atomic E-state index is 0.111. The van der Waals surface area contributed by atoms with Crippen LogP contribution >= 0.6 is 0 Å². The zero-order valence-electron chi connectivity index (χ0n) is 9.12. The van der Waals surface area contributed by atoms with Crippen LogP contribution in [0.3, 0.4) is 0 Å². The Bertz CT molecular complexity index is 308. The van der Waals surface area contributed by atoms with Crippen LogP contribution in [-0.2, 0) is 9.59 Å². The molecule has 5 heteroatoms. The summed E-state index contributed by atoms with van der Waals surface area (Å²) < 4.78 is 0.